The minimum Gasteiger partial charge on any atom is -0.332 e. The Kier molecular flexibility index (Phi) is 5.03. The van der Waals surface area contributed by atoms with E-state index in [2.05, 4.69) is 10.6 Å². The van der Waals surface area contributed by atoms with Gasteiger partial charge in [-0.3, -0.25) is 4.79 Å². The molecule has 1 aromatic carbocycles. The van der Waals surface area contributed by atoms with Crippen LogP contribution in [0.2, 0.25) is 0 Å². The Labute approximate surface area is 105 Å². The number of carbonyl (C=O) groups is 1. The number of rotatable bonds is 3. The zero-order valence-electron chi connectivity index (χ0n) is 9.79. The summed E-state index contributed by atoms with van der Waals surface area (Å²) in [7, 11) is 0. The van der Waals surface area contributed by atoms with E-state index in [1.54, 1.807) is 12.1 Å². The van der Waals surface area contributed by atoms with Crippen LogP contribution in [0, 0.1) is 11.7 Å². The molecule has 17 heavy (non-hydrogen) atoms. The second-order valence-corrected chi connectivity index (χ2v) is 4.52. The lowest BCUT2D eigenvalue weighted by Gasteiger charge is -2.10. The van der Waals surface area contributed by atoms with Gasteiger partial charge in [0, 0.05) is 12.1 Å². The Morgan fingerprint density at radius 2 is 1.94 bits per heavy atom. The third-order valence-corrected chi connectivity index (χ3v) is 2.15. The molecule has 0 saturated heterocycles. The summed E-state index contributed by atoms with van der Waals surface area (Å²) in [4.78, 5) is 11.4. The lowest BCUT2D eigenvalue weighted by atomic mass is 10.1. The number of carbonyl (C=O) groups excluding carboxylic acids is 1. The van der Waals surface area contributed by atoms with E-state index in [-0.39, 0.29) is 22.8 Å². The molecular formula is C12H15FN2OS. The molecule has 92 valence electrons. The van der Waals surface area contributed by atoms with Crippen molar-refractivity contribution in [1.29, 1.82) is 0 Å². The Balaban J connectivity index is 2.44. The number of thiocarbonyl (C=S) groups is 1. The molecule has 1 amide bonds. The van der Waals surface area contributed by atoms with E-state index in [4.69, 9.17) is 12.2 Å². The first-order valence-corrected chi connectivity index (χ1v) is 5.74. The van der Waals surface area contributed by atoms with Crippen molar-refractivity contribution < 1.29 is 9.18 Å². The van der Waals surface area contributed by atoms with Gasteiger partial charge in [0.2, 0.25) is 5.91 Å². The van der Waals surface area contributed by atoms with E-state index < -0.39 is 0 Å². The summed E-state index contributed by atoms with van der Waals surface area (Å²) in [5, 5.41) is 5.59. The van der Waals surface area contributed by atoms with Crippen LogP contribution in [0.3, 0.4) is 0 Å². The molecule has 3 nitrogen and oxygen atoms in total. The number of hydrogen-bond donors (Lipinski definition) is 2. The lowest BCUT2D eigenvalue weighted by Crippen LogP contribution is -2.34. The number of nitrogens with one attached hydrogen (secondary N) is 2. The van der Waals surface area contributed by atoms with Crippen molar-refractivity contribution in [3.63, 3.8) is 0 Å². The average molecular weight is 254 g/mol. The van der Waals surface area contributed by atoms with E-state index in [0.717, 1.165) is 0 Å². The summed E-state index contributed by atoms with van der Waals surface area (Å²) in [6.45, 7) is 3.91. The summed E-state index contributed by atoms with van der Waals surface area (Å²) in [5.41, 5.74) is 0.640. The fourth-order valence-corrected chi connectivity index (χ4v) is 1.48. The van der Waals surface area contributed by atoms with Crippen LogP contribution in [0.4, 0.5) is 10.1 Å². The maximum Gasteiger partial charge on any atom is 0.226 e. The molecule has 0 unspecified atom stereocenters. The highest BCUT2D eigenvalue weighted by molar-refractivity contribution is 7.80. The molecule has 0 aliphatic rings. The molecule has 0 saturated carbocycles. The highest BCUT2D eigenvalue weighted by atomic mass is 32.1. The van der Waals surface area contributed by atoms with Crippen molar-refractivity contribution in [2.24, 2.45) is 5.92 Å². The van der Waals surface area contributed by atoms with Gasteiger partial charge in [0.1, 0.15) is 5.82 Å². The zero-order valence-corrected chi connectivity index (χ0v) is 10.6. The summed E-state index contributed by atoms with van der Waals surface area (Å²) in [5.74, 6) is -0.159. The first-order valence-electron chi connectivity index (χ1n) is 5.34. The van der Waals surface area contributed by atoms with Crippen molar-refractivity contribution in [3.8, 4) is 0 Å². The molecule has 1 rings (SSSR count). The van der Waals surface area contributed by atoms with Crippen LogP contribution in [0.1, 0.15) is 20.3 Å². The smallest absolute Gasteiger partial charge is 0.226 e. The molecule has 0 heterocycles. The van der Waals surface area contributed by atoms with E-state index in [1.165, 1.54) is 12.1 Å². The number of hydrogen-bond acceptors (Lipinski definition) is 2. The summed E-state index contributed by atoms with van der Waals surface area (Å²) in [6.07, 6.45) is 0.422. The summed E-state index contributed by atoms with van der Waals surface area (Å²) in [6, 6.07) is 5.74. The second-order valence-electron chi connectivity index (χ2n) is 4.11. The Hall–Kier alpha value is -1.49. The van der Waals surface area contributed by atoms with Crippen LogP contribution in [0.5, 0.6) is 0 Å². The highest BCUT2D eigenvalue weighted by Gasteiger charge is 2.06. The fourth-order valence-electron chi connectivity index (χ4n) is 1.24. The Morgan fingerprint density at radius 3 is 2.47 bits per heavy atom. The molecular weight excluding hydrogens is 239 g/mol. The first-order chi connectivity index (χ1) is 7.97. The predicted octanol–water partition coefficient (Wildman–Crippen LogP) is 2.68. The highest BCUT2D eigenvalue weighted by Crippen LogP contribution is 2.08. The molecule has 0 atom stereocenters. The van der Waals surface area contributed by atoms with Gasteiger partial charge in [-0.25, -0.2) is 4.39 Å². The molecule has 0 fully saturated rings. The largest absolute Gasteiger partial charge is 0.332 e. The van der Waals surface area contributed by atoms with Crippen molar-refractivity contribution in [2.75, 3.05) is 5.32 Å². The van der Waals surface area contributed by atoms with Crippen LogP contribution in [-0.4, -0.2) is 11.0 Å². The van der Waals surface area contributed by atoms with Crippen LogP contribution in [0.15, 0.2) is 24.3 Å². The summed E-state index contributed by atoms with van der Waals surface area (Å²) >= 11 is 4.96. The van der Waals surface area contributed by atoms with Gasteiger partial charge in [0.25, 0.3) is 0 Å². The predicted molar refractivity (Wildman–Crippen MR) is 70.2 cm³/mol. The quantitative estimate of drug-likeness (QED) is 0.815. The third kappa shape index (κ3) is 5.40. The van der Waals surface area contributed by atoms with Gasteiger partial charge in [-0.1, -0.05) is 13.8 Å². The number of benzene rings is 1. The fraction of sp³-hybridized carbons (Fsp3) is 0.333. The van der Waals surface area contributed by atoms with Crippen LogP contribution < -0.4 is 10.6 Å². The van der Waals surface area contributed by atoms with Gasteiger partial charge in [-0.05, 0) is 42.4 Å². The average Bonchev–Trinajstić information content (AvgIpc) is 2.19. The van der Waals surface area contributed by atoms with Gasteiger partial charge in [0.15, 0.2) is 5.11 Å². The maximum absolute atomic E-state index is 12.6. The monoisotopic (exact) mass is 254 g/mol. The van der Waals surface area contributed by atoms with Gasteiger partial charge < -0.3 is 10.6 Å². The van der Waals surface area contributed by atoms with Gasteiger partial charge in [-0.15, -0.1) is 0 Å². The minimum atomic E-state index is -0.315. The van der Waals surface area contributed by atoms with Crippen molar-refractivity contribution in [3.05, 3.63) is 30.1 Å². The lowest BCUT2D eigenvalue weighted by molar-refractivity contribution is -0.120. The molecule has 0 aliphatic carbocycles. The van der Waals surface area contributed by atoms with Crippen molar-refractivity contribution >= 4 is 28.9 Å². The third-order valence-electron chi connectivity index (χ3n) is 1.95. The van der Waals surface area contributed by atoms with E-state index >= 15 is 0 Å². The van der Waals surface area contributed by atoms with Gasteiger partial charge in [-0.2, -0.15) is 0 Å². The molecule has 0 bridgehead atoms. The molecule has 1 aromatic rings. The van der Waals surface area contributed by atoms with Crippen LogP contribution in [0.25, 0.3) is 0 Å². The second kappa shape index (κ2) is 6.30. The van der Waals surface area contributed by atoms with Gasteiger partial charge >= 0.3 is 0 Å². The number of halogens is 1. The maximum atomic E-state index is 12.6. The molecule has 0 spiro atoms. The molecule has 5 heteroatoms. The van der Waals surface area contributed by atoms with Crippen molar-refractivity contribution in [1.82, 2.24) is 5.32 Å². The number of anilines is 1. The standard InChI is InChI=1S/C12H15FN2OS/c1-8(2)7-11(16)15-12(17)14-10-5-3-9(13)4-6-10/h3-6,8H,7H2,1-2H3,(H2,14,15,16,17). The van der Waals surface area contributed by atoms with Crippen LogP contribution >= 0.6 is 12.2 Å². The SMILES string of the molecule is CC(C)CC(=O)NC(=S)Nc1ccc(F)cc1. The summed E-state index contributed by atoms with van der Waals surface area (Å²) < 4.78 is 12.6. The van der Waals surface area contributed by atoms with E-state index in [1.807, 2.05) is 13.8 Å². The molecule has 0 aliphatic heterocycles. The van der Waals surface area contributed by atoms with E-state index in [0.29, 0.717) is 12.1 Å². The van der Waals surface area contributed by atoms with Gasteiger partial charge in [0.05, 0.1) is 0 Å². The molecule has 2 N–H and O–H groups in total. The normalized spacial score (nSPS) is 10.1. The first kappa shape index (κ1) is 13.6. The molecule has 0 radical (unpaired) electrons. The van der Waals surface area contributed by atoms with E-state index in [9.17, 15) is 9.18 Å². The topological polar surface area (TPSA) is 41.1 Å². The minimum absolute atomic E-state index is 0.125. The Bertz CT molecular complexity index is 403. The Morgan fingerprint density at radius 1 is 1.35 bits per heavy atom. The number of amides is 1. The zero-order chi connectivity index (χ0) is 12.8. The molecule has 0 aromatic heterocycles. The van der Waals surface area contributed by atoms with Crippen molar-refractivity contribution in [2.45, 2.75) is 20.3 Å². The van der Waals surface area contributed by atoms with Crippen LogP contribution in [-0.2, 0) is 4.79 Å².